The highest BCUT2D eigenvalue weighted by atomic mass is 35.5. The van der Waals surface area contributed by atoms with Crippen molar-refractivity contribution in [3.63, 3.8) is 0 Å². The number of amides is 3. The molecule has 0 radical (unpaired) electrons. The van der Waals surface area contributed by atoms with Crippen LogP contribution in [0.15, 0.2) is 42.6 Å². The van der Waals surface area contributed by atoms with Gasteiger partial charge in [0, 0.05) is 50.6 Å². The van der Waals surface area contributed by atoms with E-state index < -0.39 is 0 Å². The van der Waals surface area contributed by atoms with Gasteiger partial charge >= 0.3 is 6.03 Å². The van der Waals surface area contributed by atoms with Gasteiger partial charge in [-0.15, -0.1) is 0 Å². The first-order valence-electron chi connectivity index (χ1n) is 9.94. The molecule has 156 valence electrons. The summed E-state index contributed by atoms with van der Waals surface area (Å²) in [6.07, 6.45) is 2.04. The Morgan fingerprint density at radius 3 is 2.59 bits per heavy atom. The number of carbonyl (C=O) groups is 2. The van der Waals surface area contributed by atoms with Crippen molar-refractivity contribution in [2.75, 3.05) is 33.7 Å². The molecule has 1 aromatic carbocycles. The Balaban J connectivity index is 1.90. The van der Waals surface area contributed by atoms with E-state index in [1.807, 2.05) is 61.3 Å². The van der Waals surface area contributed by atoms with E-state index in [0.29, 0.717) is 18.1 Å². The van der Waals surface area contributed by atoms with Crippen LogP contribution in [-0.2, 0) is 11.3 Å². The maximum absolute atomic E-state index is 13.4. The zero-order valence-electron chi connectivity index (χ0n) is 17.5. The van der Waals surface area contributed by atoms with Crippen LogP contribution in [0.2, 0.25) is 5.02 Å². The van der Waals surface area contributed by atoms with Gasteiger partial charge in [0.1, 0.15) is 6.54 Å². The minimum atomic E-state index is -0.222. The molecule has 0 spiro atoms. The molecule has 7 heteroatoms. The van der Waals surface area contributed by atoms with E-state index in [0.717, 1.165) is 17.8 Å². The van der Waals surface area contributed by atoms with Crippen LogP contribution in [0.4, 0.5) is 4.79 Å². The van der Waals surface area contributed by atoms with Gasteiger partial charge < -0.3 is 19.3 Å². The average molecular weight is 417 g/mol. The molecule has 2 aromatic rings. The summed E-state index contributed by atoms with van der Waals surface area (Å²) < 4.78 is 2.17. The minimum absolute atomic E-state index is 0.0572. The molecule has 0 aliphatic carbocycles. The van der Waals surface area contributed by atoms with Gasteiger partial charge in [-0.2, -0.15) is 0 Å². The van der Waals surface area contributed by atoms with Gasteiger partial charge in [0.05, 0.1) is 6.04 Å². The van der Waals surface area contributed by atoms with E-state index in [2.05, 4.69) is 4.57 Å². The highest BCUT2D eigenvalue weighted by Gasteiger charge is 2.33. The molecule has 1 atom stereocenters. The quantitative estimate of drug-likeness (QED) is 0.745. The second-order valence-electron chi connectivity index (χ2n) is 8.12. The molecule has 0 N–H and O–H groups in total. The average Bonchev–Trinajstić information content (AvgIpc) is 3.14. The summed E-state index contributed by atoms with van der Waals surface area (Å²) >= 11 is 6.24. The number of benzene rings is 1. The van der Waals surface area contributed by atoms with Crippen LogP contribution in [0, 0.1) is 5.92 Å². The number of carbonyl (C=O) groups excluding carboxylic acids is 2. The molecule has 2 heterocycles. The summed E-state index contributed by atoms with van der Waals surface area (Å²) in [4.78, 5) is 31.0. The number of hydrogen-bond acceptors (Lipinski definition) is 2. The van der Waals surface area contributed by atoms with Crippen molar-refractivity contribution in [3.8, 4) is 0 Å². The molecule has 0 fully saturated rings. The van der Waals surface area contributed by atoms with Gasteiger partial charge in [-0.25, -0.2) is 4.79 Å². The molecule has 0 saturated carbocycles. The van der Waals surface area contributed by atoms with Crippen molar-refractivity contribution in [1.82, 2.24) is 19.3 Å². The Morgan fingerprint density at radius 2 is 1.93 bits per heavy atom. The van der Waals surface area contributed by atoms with Gasteiger partial charge in [0.25, 0.3) is 0 Å². The molecular formula is C22H29ClN4O2. The van der Waals surface area contributed by atoms with Crippen LogP contribution in [0.5, 0.6) is 0 Å². The molecule has 3 amide bonds. The van der Waals surface area contributed by atoms with Crippen LogP contribution in [-0.4, -0.2) is 64.9 Å². The number of aromatic nitrogens is 1. The first-order valence-corrected chi connectivity index (χ1v) is 10.3. The summed E-state index contributed by atoms with van der Waals surface area (Å²) in [5.74, 6) is 0.215. The van der Waals surface area contributed by atoms with Gasteiger partial charge in [-0.05, 0) is 35.7 Å². The molecule has 0 bridgehead atoms. The Morgan fingerprint density at radius 1 is 1.17 bits per heavy atom. The van der Waals surface area contributed by atoms with E-state index in [4.69, 9.17) is 11.6 Å². The van der Waals surface area contributed by atoms with Crippen LogP contribution in [0.25, 0.3) is 0 Å². The second-order valence-corrected chi connectivity index (χ2v) is 8.56. The third kappa shape index (κ3) is 4.75. The van der Waals surface area contributed by atoms with Crippen molar-refractivity contribution in [2.45, 2.75) is 26.4 Å². The summed E-state index contributed by atoms with van der Waals surface area (Å²) in [6, 6.07) is 11.3. The van der Waals surface area contributed by atoms with Crippen LogP contribution in [0.3, 0.4) is 0 Å². The predicted molar refractivity (Wildman–Crippen MR) is 115 cm³/mol. The summed E-state index contributed by atoms with van der Waals surface area (Å²) in [6.45, 7) is 6.01. The highest BCUT2D eigenvalue weighted by Crippen LogP contribution is 2.33. The smallest absolute Gasteiger partial charge is 0.319 e. The van der Waals surface area contributed by atoms with Gasteiger partial charge in [0.15, 0.2) is 0 Å². The lowest BCUT2D eigenvalue weighted by Crippen LogP contribution is -2.50. The Bertz CT molecular complexity index is 877. The number of rotatable bonds is 5. The normalized spacial score (nSPS) is 15.9. The number of halogens is 1. The first-order chi connectivity index (χ1) is 13.8. The number of fused-ring (bicyclic) bond motifs is 1. The van der Waals surface area contributed by atoms with Crippen LogP contribution < -0.4 is 0 Å². The van der Waals surface area contributed by atoms with Crippen LogP contribution >= 0.6 is 11.6 Å². The predicted octanol–water partition coefficient (Wildman–Crippen LogP) is 3.71. The van der Waals surface area contributed by atoms with Crippen molar-refractivity contribution in [1.29, 1.82) is 0 Å². The number of nitrogens with zero attached hydrogens (tertiary/aromatic N) is 4. The largest absolute Gasteiger partial charge is 0.348 e. The highest BCUT2D eigenvalue weighted by molar-refractivity contribution is 6.30. The van der Waals surface area contributed by atoms with E-state index in [9.17, 15) is 9.59 Å². The Kier molecular flexibility index (Phi) is 6.52. The van der Waals surface area contributed by atoms with Gasteiger partial charge in [0.2, 0.25) is 5.91 Å². The number of urea groups is 1. The monoisotopic (exact) mass is 416 g/mol. The number of hydrogen-bond donors (Lipinski definition) is 0. The lowest BCUT2D eigenvalue weighted by Gasteiger charge is -2.39. The zero-order valence-corrected chi connectivity index (χ0v) is 18.3. The van der Waals surface area contributed by atoms with Crippen molar-refractivity contribution in [2.24, 2.45) is 5.92 Å². The molecule has 1 aliphatic heterocycles. The lowest BCUT2D eigenvalue weighted by atomic mass is 9.99. The standard InChI is InChI=1S/C22H29ClN4O2/c1-16(2)14-26(22(29)24(3)4)15-20(28)27-12-11-25-10-6-9-19(25)21(27)17-7-5-8-18(23)13-17/h5-10,13,16,21H,11-12,14-15H2,1-4H3/t21-/m1/s1. The molecule has 6 nitrogen and oxygen atoms in total. The third-order valence-electron chi connectivity index (χ3n) is 5.09. The molecule has 0 unspecified atom stereocenters. The maximum Gasteiger partial charge on any atom is 0.319 e. The van der Waals surface area contributed by atoms with Gasteiger partial charge in [-0.1, -0.05) is 37.6 Å². The van der Waals surface area contributed by atoms with Crippen molar-refractivity contribution >= 4 is 23.5 Å². The molecule has 0 saturated heterocycles. The first kappa shape index (κ1) is 21.2. The SMILES string of the molecule is CC(C)CN(CC(=O)N1CCn2cccc2[C@H]1c1cccc(Cl)c1)C(=O)N(C)C. The minimum Gasteiger partial charge on any atom is -0.348 e. The van der Waals surface area contributed by atoms with Crippen LogP contribution in [0.1, 0.15) is 31.1 Å². The maximum atomic E-state index is 13.4. The molecule has 3 rings (SSSR count). The summed E-state index contributed by atoms with van der Waals surface area (Å²) in [5.41, 5.74) is 2.03. The zero-order chi connectivity index (χ0) is 21.1. The van der Waals surface area contributed by atoms with E-state index in [1.165, 1.54) is 4.90 Å². The molecule has 1 aromatic heterocycles. The fourth-order valence-corrected chi connectivity index (χ4v) is 4.07. The second kappa shape index (κ2) is 8.91. The summed E-state index contributed by atoms with van der Waals surface area (Å²) in [5, 5.41) is 0.641. The Labute approximate surface area is 177 Å². The lowest BCUT2D eigenvalue weighted by molar-refractivity contribution is -0.134. The molecular weight excluding hydrogens is 388 g/mol. The van der Waals surface area contributed by atoms with E-state index in [-0.39, 0.29) is 30.4 Å². The van der Waals surface area contributed by atoms with E-state index in [1.54, 1.807) is 19.0 Å². The topological polar surface area (TPSA) is 48.8 Å². The molecule has 29 heavy (non-hydrogen) atoms. The van der Waals surface area contributed by atoms with Crippen molar-refractivity contribution < 1.29 is 9.59 Å². The molecule has 1 aliphatic rings. The van der Waals surface area contributed by atoms with Crippen molar-refractivity contribution in [3.05, 3.63) is 58.9 Å². The third-order valence-corrected chi connectivity index (χ3v) is 5.32. The van der Waals surface area contributed by atoms with E-state index >= 15 is 0 Å². The Hall–Kier alpha value is -2.47. The summed E-state index contributed by atoms with van der Waals surface area (Å²) in [7, 11) is 3.42. The fraction of sp³-hybridized carbons (Fsp3) is 0.455. The fourth-order valence-electron chi connectivity index (χ4n) is 3.87. The van der Waals surface area contributed by atoms with Gasteiger partial charge in [-0.3, -0.25) is 4.79 Å².